The summed E-state index contributed by atoms with van der Waals surface area (Å²) in [7, 11) is 0. The van der Waals surface area contributed by atoms with E-state index in [0.29, 0.717) is 78.9 Å². The maximum Gasteiger partial charge on any atom is 0.219 e. The molecule has 182 valence electrons. The number of nitrogens with one attached hydrogen (secondary N) is 1. The summed E-state index contributed by atoms with van der Waals surface area (Å²) in [6.07, 6.45) is 5.41. The third-order valence-corrected chi connectivity index (χ3v) is 3.94. The fourth-order valence-corrected chi connectivity index (χ4v) is 2.32. The number of rotatable bonds is 20. The number of aryl methyl sites for hydroxylation is 1. The standard InChI is InChI=1S/C19H37N5O5.C2H6/c1-2-19(25)21-7-9-26-11-13-28-15-16-29-14-12-27-10-8-24-17-18(22-23-24)5-3-4-6-20;1-2/h17H,2-16,20H2,1H3,(H,21,25);1-2H3. The third kappa shape index (κ3) is 18.9. The van der Waals surface area contributed by atoms with Crippen LogP contribution in [0.25, 0.3) is 0 Å². The molecule has 3 N–H and O–H groups in total. The molecule has 1 rings (SSSR count). The molecule has 0 atom stereocenters. The minimum atomic E-state index is 0.0348. The number of unbranched alkanes of at least 4 members (excludes halogenated alkanes) is 1. The molecular formula is C21H43N5O5. The molecule has 0 aromatic carbocycles. The van der Waals surface area contributed by atoms with Gasteiger partial charge in [-0.25, -0.2) is 4.68 Å². The highest BCUT2D eigenvalue weighted by Gasteiger charge is 2.01. The summed E-state index contributed by atoms with van der Waals surface area (Å²) in [6.45, 7) is 11.9. The monoisotopic (exact) mass is 445 g/mol. The summed E-state index contributed by atoms with van der Waals surface area (Å²) in [5.74, 6) is 0.0348. The molecule has 0 aliphatic rings. The van der Waals surface area contributed by atoms with E-state index in [-0.39, 0.29) is 5.91 Å². The minimum Gasteiger partial charge on any atom is -0.377 e. The molecule has 1 aromatic rings. The Morgan fingerprint density at radius 3 is 2.13 bits per heavy atom. The Morgan fingerprint density at radius 1 is 0.968 bits per heavy atom. The lowest BCUT2D eigenvalue weighted by Crippen LogP contribution is -2.26. The quantitative estimate of drug-likeness (QED) is 0.287. The van der Waals surface area contributed by atoms with Crippen LogP contribution in [0.4, 0.5) is 0 Å². The summed E-state index contributed by atoms with van der Waals surface area (Å²) in [5, 5.41) is 11.0. The topological polar surface area (TPSA) is 123 Å². The van der Waals surface area contributed by atoms with E-state index in [1.807, 2.05) is 27.0 Å². The van der Waals surface area contributed by atoms with Crippen molar-refractivity contribution in [3.63, 3.8) is 0 Å². The lowest BCUT2D eigenvalue weighted by atomic mass is 10.2. The van der Waals surface area contributed by atoms with Crippen LogP contribution in [0.2, 0.25) is 0 Å². The molecule has 10 heteroatoms. The zero-order valence-electron chi connectivity index (χ0n) is 19.6. The van der Waals surface area contributed by atoms with Crippen molar-refractivity contribution in [3.05, 3.63) is 11.9 Å². The first-order valence-electron chi connectivity index (χ1n) is 11.4. The van der Waals surface area contributed by atoms with Gasteiger partial charge in [-0.15, -0.1) is 5.10 Å². The van der Waals surface area contributed by atoms with E-state index in [9.17, 15) is 4.79 Å². The molecular weight excluding hydrogens is 402 g/mol. The molecule has 0 aliphatic carbocycles. The molecule has 10 nitrogen and oxygen atoms in total. The molecule has 0 saturated heterocycles. The number of carbonyl (C=O) groups is 1. The van der Waals surface area contributed by atoms with Crippen LogP contribution in [0.3, 0.4) is 0 Å². The van der Waals surface area contributed by atoms with Crippen molar-refractivity contribution in [2.75, 3.05) is 65.9 Å². The highest BCUT2D eigenvalue weighted by Crippen LogP contribution is 2.00. The average molecular weight is 446 g/mol. The van der Waals surface area contributed by atoms with Crippen LogP contribution in [0.5, 0.6) is 0 Å². The lowest BCUT2D eigenvalue weighted by Gasteiger charge is -2.08. The first kappa shape index (κ1) is 29.4. The van der Waals surface area contributed by atoms with E-state index in [2.05, 4.69) is 15.6 Å². The van der Waals surface area contributed by atoms with Crippen LogP contribution >= 0.6 is 0 Å². The zero-order valence-corrected chi connectivity index (χ0v) is 19.6. The largest absolute Gasteiger partial charge is 0.377 e. The molecule has 0 radical (unpaired) electrons. The highest BCUT2D eigenvalue weighted by molar-refractivity contribution is 5.75. The number of ether oxygens (including phenoxy) is 4. The van der Waals surface area contributed by atoms with Gasteiger partial charge in [-0.1, -0.05) is 26.0 Å². The molecule has 1 aromatic heterocycles. The predicted molar refractivity (Wildman–Crippen MR) is 120 cm³/mol. The number of nitrogens with zero attached hydrogens (tertiary/aromatic N) is 3. The predicted octanol–water partition coefficient (Wildman–Crippen LogP) is 1.18. The van der Waals surface area contributed by atoms with Gasteiger partial charge >= 0.3 is 0 Å². The molecule has 1 amide bonds. The van der Waals surface area contributed by atoms with E-state index in [0.717, 1.165) is 25.0 Å². The Labute approximate surface area is 187 Å². The van der Waals surface area contributed by atoms with E-state index in [1.54, 1.807) is 4.68 Å². The van der Waals surface area contributed by atoms with Gasteiger partial charge in [0.25, 0.3) is 0 Å². The molecule has 31 heavy (non-hydrogen) atoms. The Kier molecular flexibility index (Phi) is 21.9. The summed E-state index contributed by atoms with van der Waals surface area (Å²) in [6, 6.07) is 0. The molecule has 0 spiro atoms. The van der Waals surface area contributed by atoms with E-state index in [1.165, 1.54) is 0 Å². The van der Waals surface area contributed by atoms with Crippen molar-refractivity contribution >= 4 is 5.91 Å². The van der Waals surface area contributed by atoms with Gasteiger partial charge in [0.1, 0.15) is 0 Å². The number of hydrogen-bond acceptors (Lipinski definition) is 8. The number of nitrogens with two attached hydrogens (primary N) is 1. The maximum absolute atomic E-state index is 11.0. The SMILES string of the molecule is CC.CCC(=O)NCCOCCOCCOCCOCCn1cc(CCCCN)nn1. The summed E-state index contributed by atoms with van der Waals surface area (Å²) >= 11 is 0. The maximum atomic E-state index is 11.0. The summed E-state index contributed by atoms with van der Waals surface area (Å²) in [5.41, 5.74) is 6.48. The Bertz CT molecular complexity index is 516. The van der Waals surface area contributed by atoms with Crippen molar-refractivity contribution in [2.24, 2.45) is 5.73 Å². The third-order valence-electron chi connectivity index (χ3n) is 3.94. The molecule has 1 heterocycles. The highest BCUT2D eigenvalue weighted by atomic mass is 16.6. The first-order valence-corrected chi connectivity index (χ1v) is 11.4. The minimum absolute atomic E-state index is 0.0348. The Balaban J connectivity index is 0.00000436. The van der Waals surface area contributed by atoms with E-state index >= 15 is 0 Å². The molecule has 0 saturated carbocycles. The zero-order chi connectivity index (χ0) is 23.0. The van der Waals surface area contributed by atoms with Gasteiger partial charge in [0.05, 0.1) is 65.1 Å². The molecule has 0 unspecified atom stereocenters. The Morgan fingerprint density at radius 2 is 1.55 bits per heavy atom. The fourth-order valence-electron chi connectivity index (χ4n) is 2.32. The second-order valence-corrected chi connectivity index (χ2v) is 6.37. The van der Waals surface area contributed by atoms with Crippen molar-refractivity contribution < 1.29 is 23.7 Å². The van der Waals surface area contributed by atoms with Gasteiger partial charge in [0.15, 0.2) is 0 Å². The van der Waals surface area contributed by atoms with Gasteiger partial charge < -0.3 is 30.0 Å². The van der Waals surface area contributed by atoms with Gasteiger partial charge in [-0.3, -0.25) is 4.79 Å². The molecule has 0 bridgehead atoms. The van der Waals surface area contributed by atoms with Crippen molar-refractivity contribution in [2.45, 2.75) is 53.0 Å². The van der Waals surface area contributed by atoms with Crippen molar-refractivity contribution in [1.82, 2.24) is 20.3 Å². The second-order valence-electron chi connectivity index (χ2n) is 6.37. The Hall–Kier alpha value is -1.59. The van der Waals surface area contributed by atoms with Crippen LogP contribution in [0.15, 0.2) is 6.20 Å². The van der Waals surface area contributed by atoms with Gasteiger partial charge in [-0.2, -0.15) is 0 Å². The van der Waals surface area contributed by atoms with Gasteiger partial charge in [-0.05, 0) is 25.8 Å². The average Bonchev–Trinajstić information content (AvgIpc) is 3.25. The van der Waals surface area contributed by atoms with Crippen molar-refractivity contribution in [1.29, 1.82) is 0 Å². The molecule has 0 aliphatic heterocycles. The van der Waals surface area contributed by atoms with Gasteiger partial charge in [0.2, 0.25) is 5.91 Å². The van der Waals surface area contributed by atoms with Crippen LogP contribution in [-0.4, -0.2) is 86.8 Å². The smallest absolute Gasteiger partial charge is 0.219 e. The van der Waals surface area contributed by atoms with E-state index < -0.39 is 0 Å². The summed E-state index contributed by atoms with van der Waals surface area (Å²) in [4.78, 5) is 11.0. The van der Waals surface area contributed by atoms with Crippen LogP contribution in [0, 0.1) is 0 Å². The summed E-state index contributed by atoms with van der Waals surface area (Å²) < 4.78 is 23.5. The first-order chi connectivity index (χ1) is 15.3. The van der Waals surface area contributed by atoms with Crippen LogP contribution < -0.4 is 11.1 Å². The normalized spacial score (nSPS) is 10.6. The van der Waals surface area contributed by atoms with Gasteiger partial charge in [0, 0.05) is 19.2 Å². The number of carbonyl (C=O) groups excluding carboxylic acids is 1. The number of amides is 1. The van der Waals surface area contributed by atoms with E-state index in [4.69, 9.17) is 24.7 Å². The number of aromatic nitrogens is 3. The van der Waals surface area contributed by atoms with Crippen LogP contribution in [-0.2, 0) is 36.7 Å². The lowest BCUT2D eigenvalue weighted by molar-refractivity contribution is -0.121. The van der Waals surface area contributed by atoms with Crippen LogP contribution in [0.1, 0.15) is 45.7 Å². The molecule has 0 fully saturated rings. The van der Waals surface area contributed by atoms with Crippen molar-refractivity contribution in [3.8, 4) is 0 Å². The fraction of sp³-hybridized carbons (Fsp3) is 0.857. The number of hydrogen-bond donors (Lipinski definition) is 2. The second kappa shape index (κ2) is 23.1.